The normalized spacial score (nSPS) is 21.8. The van der Waals surface area contributed by atoms with Crippen LogP contribution in [0.1, 0.15) is 34.3 Å². The monoisotopic (exact) mass is 419 g/mol. The number of halogens is 1. The van der Waals surface area contributed by atoms with Gasteiger partial charge < -0.3 is 15.5 Å². The van der Waals surface area contributed by atoms with Gasteiger partial charge in [0.1, 0.15) is 5.82 Å². The highest BCUT2D eigenvalue weighted by atomic mass is 19.1. The Hall–Kier alpha value is -3.15. The molecule has 2 amide bonds. The topological polar surface area (TPSA) is 66.6 Å². The van der Waals surface area contributed by atoms with E-state index in [1.165, 1.54) is 12.1 Å². The van der Waals surface area contributed by atoms with E-state index in [0.29, 0.717) is 31.1 Å². The molecule has 2 unspecified atom stereocenters. The summed E-state index contributed by atoms with van der Waals surface area (Å²) in [5.41, 5.74) is 10.1. The van der Waals surface area contributed by atoms with Gasteiger partial charge in [0.2, 0.25) is 11.8 Å². The number of rotatable bonds is 3. The van der Waals surface area contributed by atoms with Gasteiger partial charge in [-0.15, -0.1) is 0 Å². The molecule has 2 aromatic rings. The van der Waals surface area contributed by atoms with E-state index in [9.17, 15) is 9.59 Å². The van der Waals surface area contributed by atoms with Gasteiger partial charge in [-0.05, 0) is 59.9 Å². The molecule has 0 bridgehead atoms. The highest BCUT2D eigenvalue weighted by Gasteiger charge is 2.38. The maximum absolute atomic E-state index is 15.5. The van der Waals surface area contributed by atoms with Gasteiger partial charge in [-0.2, -0.15) is 0 Å². The number of carbonyl (C=O) groups excluding carboxylic acids is 2. The highest BCUT2D eigenvalue weighted by molar-refractivity contribution is 6.01. The van der Waals surface area contributed by atoms with Gasteiger partial charge in [0, 0.05) is 37.3 Å². The van der Waals surface area contributed by atoms with Gasteiger partial charge in [0.15, 0.2) is 0 Å². The van der Waals surface area contributed by atoms with Crippen molar-refractivity contribution in [2.45, 2.75) is 19.3 Å². The zero-order chi connectivity index (χ0) is 21.7. The first-order valence-corrected chi connectivity index (χ1v) is 10.9. The molecule has 5 nitrogen and oxygen atoms in total. The molecule has 2 heterocycles. The molecule has 160 valence electrons. The fraction of sp³-hybridized carbons (Fsp3) is 0.360. The van der Waals surface area contributed by atoms with Crippen LogP contribution in [-0.2, 0) is 11.2 Å². The maximum Gasteiger partial charge on any atom is 0.249 e. The van der Waals surface area contributed by atoms with E-state index < -0.39 is 11.7 Å². The van der Waals surface area contributed by atoms with Crippen LogP contribution in [0.15, 0.2) is 43.0 Å². The van der Waals surface area contributed by atoms with Crippen LogP contribution in [0, 0.1) is 17.7 Å². The van der Waals surface area contributed by atoms with Crippen molar-refractivity contribution in [3.05, 3.63) is 65.5 Å². The van der Waals surface area contributed by atoms with Crippen molar-refractivity contribution < 1.29 is 14.0 Å². The quantitative estimate of drug-likeness (QED) is 0.662. The number of hydrogen-bond acceptors (Lipinski definition) is 3. The lowest BCUT2D eigenvalue weighted by Gasteiger charge is -2.46. The summed E-state index contributed by atoms with van der Waals surface area (Å²) >= 11 is 0. The molecular formula is C25H26FN3O2. The van der Waals surface area contributed by atoms with E-state index in [0.717, 1.165) is 48.2 Å². The number of amides is 2. The minimum absolute atomic E-state index is 0.0395. The largest absolute Gasteiger partial charge is 0.368 e. The van der Waals surface area contributed by atoms with Gasteiger partial charge in [-0.3, -0.25) is 9.59 Å². The minimum Gasteiger partial charge on any atom is -0.368 e. The Labute approximate surface area is 181 Å². The molecule has 0 saturated carbocycles. The van der Waals surface area contributed by atoms with Gasteiger partial charge >= 0.3 is 0 Å². The smallest absolute Gasteiger partial charge is 0.249 e. The fourth-order valence-electron chi connectivity index (χ4n) is 5.69. The van der Waals surface area contributed by atoms with E-state index in [2.05, 4.69) is 11.5 Å². The summed E-state index contributed by atoms with van der Waals surface area (Å²) < 4.78 is 15.5. The van der Waals surface area contributed by atoms with Crippen LogP contribution < -0.4 is 10.6 Å². The van der Waals surface area contributed by atoms with Crippen molar-refractivity contribution in [3.8, 4) is 11.1 Å². The van der Waals surface area contributed by atoms with Crippen LogP contribution >= 0.6 is 0 Å². The number of hydrogen-bond donors (Lipinski definition) is 1. The molecule has 2 atom stereocenters. The molecule has 0 radical (unpaired) electrons. The lowest BCUT2D eigenvalue weighted by Crippen LogP contribution is -2.51. The molecule has 6 heteroatoms. The van der Waals surface area contributed by atoms with Crippen LogP contribution in [0.2, 0.25) is 0 Å². The van der Waals surface area contributed by atoms with Crippen molar-refractivity contribution >= 4 is 17.5 Å². The third kappa shape index (κ3) is 3.21. The van der Waals surface area contributed by atoms with Crippen LogP contribution in [0.3, 0.4) is 0 Å². The van der Waals surface area contributed by atoms with E-state index in [4.69, 9.17) is 5.73 Å². The Bertz CT molecular complexity index is 1100. The average Bonchev–Trinajstić information content (AvgIpc) is 3.16. The zero-order valence-electron chi connectivity index (χ0n) is 17.4. The van der Waals surface area contributed by atoms with E-state index in [1.807, 2.05) is 29.2 Å². The molecule has 2 aromatic carbocycles. The average molecular weight is 420 g/mol. The number of primary amides is 1. The Morgan fingerprint density at radius 2 is 1.90 bits per heavy atom. The Morgan fingerprint density at radius 1 is 1.13 bits per heavy atom. The van der Waals surface area contributed by atoms with Crippen molar-refractivity contribution in [1.82, 2.24) is 4.90 Å². The second-order valence-electron chi connectivity index (χ2n) is 8.84. The first-order chi connectivity index (χ1) is 15.0. The summed E-state index contributed by atoms with van der Waals surface area (Å²) in [6, 6.07) is 9.23. The molecule has 3 aliphatic rings. The van der Waals surface area contributed by atoms with Crippen LogP contribution in [0.5, 0.6) is 0 Å². The molecule has 2 N–H and O–H groups in total. The molecule has 2 aliphatic heterocycles. The third-order valence-corrected chi connectivity index (χ3v) is 7.20. The number of fused-ring (bicyclic) bond motifs is 4. The van der Waals surface area contributed by atoms with Crippen molar-refractivity contribution in [2.24, 2.45) is 17.6 Å². The maximum atomic E-state index is 15.5. The standard InChI is InChI=1S/C25H26FN3O2/c1-2-22(30)28-9-7-15-8-10-29(14-17(15)13-28)24-21(26)12-20(25(27)31)19-11-16-5-3-4-6-18(16)23(19)24/h2-6,12,15,17H,1,7-11,13-14H2,(H2,27,31). The summed E-state index contributed by atoms with van der Waals surface area (Å²) in [5.74, 6) is -0.216. The molecule has 2 fully saturated rings. The van der Waals surface area contributed by atoms with Gasteiger partial charge in [0.25, 0.3) is 0 Å². The molecule has 2 saturated heterocycles. The Kier molecular flexibility index (Phi) is 4.80. The number of nitrogens with zero attached hydrogens (tertiary/aromatic N) is 2. The first kappa shape index (κ1) is 19.8. The SMILES string of the molecule is C=CC(=O)N1CCC2CCN(c3c(F)cc(C(N)=O)c4c3-c3ccccc3C4)CC2C1. The summed E-state index contributed by atoms with van der Waals surface area (Å²) in [6.45, 7) is 6.49. The predicted molar refractivity (Wildman–Crippen MR) is 118 cm³/mol. The zero-order valence-corrected chi connectivity index (χ0v) is 17.4. The van der Waals surface area contributed by atoms with Gasteiger partial charge in [0.05, 0.1) is 5.69 Å². The van der Waals surface area contributed by atoms with Gasteiger partial charge in [-0.25, -0.2) is 4.39 Å². The molecule has 31 heavy (non-hydrogen) atoms. The van der Waals surface area contributed by atoms with Crippen molar-refractivity contribution in [3.63, 3.8) is 0 Å². The number of piperidine rings is 2. The Morgan fingerprint density at radius 3 is 2.68 bits per heavy atom. The lowest BCUT2D eigenvalue weighted by atomic mass is 9.79. The number of anilines is 1. The molecular weight excluding hydrogens is 393 g/mol. The summed E-state index contributed by atoms with van der Waals surface area (Å²) in [5, 5.41) is 0. The predicted octanol–water partition coefficient (Wildman–Crippen LogP) is 3.36. The fourth-order valence-corrected chi connectivity index (χ4v) is 5.69. The third-order valence-electron chi connectivity index (χ3n) is 7.20. The summed E-state index contributed by atoms with van der Waals surface area (Å²) in [7, 11) is 0. The number of benzene rings is 2. The van der Waals surface area contributed by atoms with E-state index in [1.54, 1.807) is 0 Å². The second kappa shape index (κ2) is 7.52. The van der Waals surface area contributed by atoms with Crippen molar-refractivity contribution in [2.75, 3.05) is 31.1 Å². The van der Waals surface area contributed by atoms with Crippen molar-refractivity contribution in [1.29, 1.82) is 0 Å². The molecule has 1 aliphatic carbocycles. The van der Waals surface area contributed by atoms with Crippen LogP contribution in [0.4, 0.5) is 10.1 Å². The number of likely N-dealkylation sites (tertiary alicyclic amines) is 1. The molecule has 5 rings (SSSR count). The summed E-state index contributed by atoms with van der Waals surface area (Å²) in [4.78, 5) is 28.2. The first-order valence-electron chi connectivity index (χ1n) is 10.9. The van der Waals surface area contributed by atoms with Crippen LogP contribution in [-0.4, -0.2) is 42.9 Å². The Balaban J connectivity index is 1.54. The molecule has 0 spiro atoms. The molecule has 0 aromatic heterocycles. The van der Waals surface area contributed by atoms with E-state index in [-0.39, 0.29) is 17.4 Å². The minimum atomic E-state index is -0.598. The van der Waals surface area contributed by atoms with Gasteiger partial charge in [-0.1, -0.05) is 30.8 Å². The van der Waals surface area contributed by atoms with Crippen LogP contribution in [0.25, 0.3) is 11.1 Å². The highest BCUT2D eigenvalue weighted by Crippen LogP contribution is 2.47. The second-order valence-corrected chi connectivity index (χ2v) is 8.84. The number of carbonyl (C=O) groups is 2. The van der Waals surface area contributed by atoms with E-state index >= 15 is 4.39 Å². The summed E-state index contributed by atoms with van der Waals surface area (Å²) in [6.07, 6.45) is 3.89. The number of nitrogens with two attached hydrogens (primary N) is 1. The lowest BCUT2D eigenvalue weighted by molar-refractivity contribution is -0.128.